The number of primary amides is 1. The summed E-state index contributed by atoms with van der Waals surface area (Å²) in [6.07, 6.45) is 0. The minimum Gasteiger partial charge on any atom is -0.382 e. The molecule has 2 aromatic heterocycles. The molecule has 7 N–H and O–H groups in total. The number of nitrogens with one attached hydrogen (secondary N) is 1. The van der Waals surface area contributed by atoms with Gasteiger partial charge in [0, 0.05) is 5.56 Å². The number of nitriles is 1. The highest BCUT2D eigenvalue weighted by Crippen LogP contribution is 2.28. The molecule has 0 aliphatic carbocycles. The second kappa shape index (κ2) is 8.88. The Labute approximate surface area is 202 Å². The minimum atomic E-state index is -0.800. The Morgan fingerprint density at radius 2 is 1.97 bits per heavy atom. The molecule has 0 aliphatic heterocycles. The van der Waals surface area contributed by atoms with Gasteiger partial charge in [-0.15, -0.1) is 0 Å². The van der Waals surface area contributed by atoms with Gasteiger partial charge >= 0.3 is 0 Å². The van der Waals surface area contributed by atoms with Gasteiger partial charge in [-0.25, -0.2) is 9.37 Å². The molecule has 4 aromatic rings. The smallest absolute Gasteiger partial charge is 0.266 e. The molecule has 2 aromatic carbocycles. The van der Waals surface area contributed by atoms with E-state index in [1.54, 1.807) is 13.0 Å². The molecule has 0 aliphatic rings. The van der Waals surface area contributed by atoms with E-state index in [-0.39, 0.29) is 56.1 Å². The van der Waals surface area contributed by atoms with Crippen LogP contribution in [0.15, 0.2) is 41.2 Å². The van der Waals surface area contributed by atoms with Crippen LogP contribution in [0.1, 0.15) is 34.7 Å². The minimum absolute atomic E-state index is 0.0157. The van der Waals surface area contributed by atoms with Crippen molar-refractivity contribution < 1.29 is 9.18 Å². The molecule has 0 saturated carbocycles. The summed E-state index contributed by atoms with van der Waals surface area (Å²) < 4.78 is 15.3. The van der Waals surface area contributed by atoms with Gasteiger partial charge in [0.2, 0.25) is 11.9 Å². The third-order valence-corrected chi connectivity index (χ3v) is 5.40. The third-order valence-electron chi connectivity index (χ3n) is 5.11. The monoisotopic (exact) mass is 493 g/mol. The van der Waals surface area contributed by atoms with Gasteiger partial charge < -0.3 is 22.5 Å². The molecule has 0 radical (unpaired) electrons. The second-order valence-corrected chi connectivity index (χ2v) is 7.88. The number of nitrogens with two attached hydrogens (primary N) is 3. The van der Waals surface area contributed by atoms with Crippen LogP contribution in [0.5, 0.6) is 0 Å². The van der Waals surface area contributed by atoms with Crippen molar-refractivity contribution in [2.45, 2.75) is 13.0 Å². The second-order valence-electron chi connectivity index (χ2n) is 7.48. The van der Waals surface area contributed by atoms with E-state index in [4.69, 9.17) is 28.8 Å². The fraction of sp³-hybridized carbons (Fsp3) is 0.0909. The number of nitrogen functional groups attached to an aromatic ring is 2. The van der Waals surface area contributed by atoms with Gasteiger partial charge in [0.1, 0.15) is 29.1 Å². The number of aromatic nitrogens is 4. The van der Waals surface area contributed by atoms with Gasteiger partial charge in [-0.2, -0.15) is 15.2 Å². The SMILES string of the molecule is CC(Nc1nc(N)nc(N)c1C#N)c1nc2c(Cl)cc(F)cc2c(=O)n1-c1cccc(C(N)=O)c1. The molecule has 1 amide bonds. The Morgan fingerprint density at radius 1 is 1.23 bits per heavy atom. The first-order valence-electron chi connectivity index (χ1n) is 10.0. The van der Waals surface area contributed by atoms with Crippen molar-refractivity contribution in [3.05, 3.63) is 74.5 Å². The quantitative estimate of drug-likeness (QED) is 0.322. The van der Waals surface area contributed by atoms with Crippen molar-refractivity contribution in [1.29, 1.82) is 5.26 Å². The van der Waals surface area contributed by atoms with Gasteiger partial charge in [-0.1, -0.05) is 17.7 Å². The van der Waals surface area contributed by atoms with E-state index in [0.717, 1.165) is 12.1 Å². The molecule has 4 rings (SSSR count). The number of hydrogen-bond acceptors (Lipinski definition) is 9. The first-order valence-corrected chi connectivity index (χ1v) is 10.4. The number of nitrogens with zero attached hydrogens (tertiary/aromatic N) is 5. The zero-order chi connectivity index (χ0) is 25.4. The van der Waals surface area contributed by atoms with E-state index in [1.165, 1.54) is 22.8 Å². The summed E-state index contributed by atoms with van der Waals surface area (Å²) in [5, 5.41) is 12.3. The number of amides is 1. The predicted octanol–water partition coefficient (Wildman–Crippen LogP) is 2.28. The van der Waals surface area contributed by atoms with Gasteiger partial charge in [-0.3, -0.25) is 14.2 Å². The van der Waals surface area contributed by atoms with Crippen LogP contribution >= 0.6 is 11.6 Å². The number of rotatable bonds is 5. The molecule has 13 heteroatoms. The van der Waals surface area contributed by atoms with Crippen molar-refractivity contribution in [2.24, 2.45) is 5.73 Å². The lowest BCUT2D eigenvalue weighted by Gasteiger charge is -2.21. The van der Waals surface area contributed by atoms with Gasteiger partial charge in [0.05, 0.1) is 27.7 Å². The Hall–Kier alpha value is -4.76. The standard InChI is InChI=1S/C22H17ClFN9O2/c1-9(29-19-14(8-25)17(26)31-22(28)32-19)20-30-16-13(6-11(24)7-15(16)23)21(35)33(20)12-4-2-3-10(5-12)18(27)34/h2-7,9H,1H3,(H2,27,34)(H5,26,28,29,31,32). The molecule has 1 atom stereocenters. The summed E-state index contributed by atoms with van der Waals surface area (Å²) in [6, 6.07) is 9.13. The maximum absolute atomic E-state index is 14.1. The first kappa shape index (κ1) is 23.4. The molecule has 176 valence electrons. The Balaban J connectivity index is 1.99. The van der Waals surface area contributed by atoms with Crippen molar-refractivity contribution >= 4 is 46.0 Å². The number of hydrogen-bond donors (Lipinski definition) is 4. The Kier molecular flexibility index (Phi) is 5.94. The van der Waals surface area contributed by atoms with E-state index in [2.05, 4.69) is 20.3 Å². The van der Waals surface area contributed by atoms with Crippen LogP contribution in [-0.2, 0) is 0 Å². The molecule has 11 nitrogen and oxygen atoms in total. The molecule has 0 spiro atoms. The summed E-state index contributed by atoms with van der Waals surface area (Å²) >= 11 is 6.20. The lowest BCUT2D eigenvalue weighted by atomic mass is 10.1. The van der Waals surface area contributed by atoms with E-state index in [1.807, 2.05) is 6.07 Å². The van der Waals surface area contributed by atoms with Crippen LogP contribution in [0.2, 0.25) is 5.02 Å². The number of halogens is 2. The topological polar surface area (TPSA) is 192 Å². The van der Waals surface area contributed by atoms with E-state index in [9.17, 15) is 19.2 Å². The summed E-state index contributed by atoms with van der Waals surface area (Å²) in [7, 11) is 0. The Morgan fingerprint density at radius 3 is 2.66 bits per heavy atom. The van der Waals surface area contributed by atoms with Gasteiger partial charge in [-0.05, 0) is 37.3 Å². The lowest BCUT2D eigenvalue weighted by molar-refractivity contribution is 0.1000. The van der Waals surface area contributed by atoms with Crippen LogP contribution in [0.3, 0.4) is 0 Å². The molecule has 0 bridgehead atoms. The molecule has 35 heavy (non-hydrogen) atoms. The van der Waals surface area contributed by atoms with Crippen LogP contribution in [0.4, 0.5) is 22.0 Å². The van der Waals surface area contributed by atoms with Crippen LogP contribution in [-0.4, -0.2) is 25.4 Å². The van der Waals surface area contributed by atoms with Crippen molar-refractivity contribution in [2.75, 3.05) is 16.8 Å². The molecule has 0 fully saturated rings. The maximum Gasteiger partial charge on any atom is 0.266 e. The first-order chi connectivity index (χ1) is 16.6. The average molecular weight is 494 g/mol. The number of carbonyl (C=O) groups excluding carboxylic acids is 1. The van der Waals surface area contributed by atoms with Crippen LogP contribution in [0.25, 0.3) is 16.6 Å². The van der Waals surface area contributed by atoms with Crippen molar-refractivity contribution in [3.8, 4) is 11.8 Å². The van der Waals surface area contributed by atoms with Crippen LogP contribution < -0.4 is 28.1 Å². The van der Waals surface area contributed by atoms with E-state index < -0.39 is 23.3 Å². The highest BCUT2D eigenvalue weighted by Gasteiger charge is 2.22. The van der Waals surface area contributed by atoms with Gasteiger partial charge in [0.15, 0.2) is 5.82 Å². The zero-order valence-corrected chi connectivity index (χ0v) is 18.8. The Bertz CT molecular complexity index is 1610. The van der Waals surface area contributed by atoms with Crippen LogP contribution in [0, 0.1) is 17.1 Å². The van der Waals surface area contributed by atoms with E-state index in [0.29, 0.717) is 0 Å². The third kappa shape index (κ3) is 4.28. The fourth-order valence-electron chi connectivity index (χ4n) is 3.55. The number of fused-ring (bicyclic) bond motifs is 1. The molecule has 2 heterocycles. The van der Waals surface area contributed by atoms with Crippen molar-refractivity contribution in [1.82, 2.24) is 19.5 Å². The summed E-state index contributed by atoms with van der Waals surface area (Å²) in [5.41, 5.74) is 16.6. The molecular weight excluding hydrogens is 477 g/mol. The maximum atomic E-state index is 14.1. The molecule has 0 saturated heterocycles. The number of carbonyl (C=O) groups is 1. The van der Waals surface area contributed by atoms with Gasteiger partial charge in [0.25, 0.3) is 5.56 Å². The highest BCUT2D eigenvalue weighted by atomic mass is 35.5. The predicted molar refractivity (Wildman–Crippen MR) is 128 cm³/mol. The molecular formula is C22H17ClFN9O2. The summed E-state index contributed by atoms with van der Waals surface area (Å²) in [5.74, 6) is -1.61. The molecule has 1 unspecified atom stereocenters. The lowest BCUT2D eigenvalue weighted by Crippen LogP contribution is -2.28. The van der Waals surface area contributed by atoms with Crippen molar-refractivity contribution in [3.63, 3.8) is 0 Å². The number of benzene rings is 2. The van der Waals surface area contributed by atoms with E-state index >= 15 is 0 Å². The zero-order valence-electron chi connectivity index (χ0n) is 18.1. The highest BCUT2D eigenvalue weighted by molar-refractivity contribution is 6.35. The fourth-order valence-corrected chi connectivity index (χ4v) is 3.80. The summed E-state index contributed by atoms with van der Waals surface area (Å²) in [4.78, 5) is 37.6. The summed E-state index contributed by atoms with van der Waals surface area (Å²) in [6.45, 7) is 1.63. The average Bonchev–Trinajstić information content (AvgIpc) is 2.79. The normalized spacial score (nSPS) is 11.7. The largest absolute Gasteiger partial charge is 0.382 e. The number of anilines is 3.